The van der Waals surface area contributed by atoms with E-state index in [0.29, 0.717) is 17.9 Å². The summed E-state index contributed by atoms with van der Waals surface area (Å²) in [4.78, 5) is 23.1. The Labute approximate surface area is 88.5 Å². The summed E-state index contributed by atoms with van der Waals surface area (Å²) in [6.45, 7) is 2.09. The summed E-state index contributed by atoms with van der Waals surface area (Å²) in [6.07, 6.45) is 0.352. The molecule has 4 heteroatoms. The standard InChI is InChI=1S/C11H13NO3/c1-3-15-11(14)12(2)10-6-4-9(8-13)5-7-10/h4-8H,3H2,1-2H3. The number of nitrogens with zero attached hydrogens (tertiary/aromatic N) is 1. The van der Waals surface area contributed by atoms with Gasteiger partial charge < -0.3 is 4.74 Å². The van der Waals surface area contributed by atoms with Crippen molar-refractivity contribution in [2.75, 3.05) is 18.6 Å². The predicted octanol–water partition coefficient (Wildman–Crippen LogP) is 2.09. The molecule has 15 heavy (non-hydrogen) atoms. The summed E-state index contributed by atoms with van der Waals surface area (Å²) in [6, 6.07) is 6.69. The van der Waals surface area contributed by atoms with Crippen LogP contribution in [0.15, 0.2) is 24.3 Å². The van der Waals surface area contributed by atoms with Crippen molar-refractivity contribution in [3.8, 4) is 0 Å². The zero-order valence-electron chi connectivity index (χ0n) is 8.77. The second-order valence-electron chi connectivity index (χ2n) is 2.97. The van der Waals surface area contributed by atoms with Crippen molar-refractivity contribution in [2.24, 2.45) is 0 Å². The molecule has 0 heterocycles. The third-order valence-corrected chi connectivity index (χ3v) is 1.96. The van der Waals surface area contributed by atoms with Gasteiger partial charge in [-0.2, -0.15) is 0 Å². The number of amides is 1. The van der Waals surface area contributed by atoms with Gasteiger partial charge in [0.25, 0.3) is 0 Å². The van der Waals surface area contributed by atoms with Crippen molar-refractivity contribution in [2.45, 2.75) is 6.92 Å². The molecular formula is C11H13NO3. The van der Waals surface area contributed by atoms with Crippen LogP contribution in [-0.4, -0.2) is 26.0 Å². The maximum Gasteiger partial charge on any atom is 0.413 e. The first-order valence-corrected chi connectivity index (χ1v) is 4.64. The van der Waals surface area contributed by atoms with Crippen molar-refractivity contribution >= 4 is 18.1 Å². The summed E-state index contributed by atoms with van der Waals surface area (Å²) in [5.74, 6) is 0. The first kappa shape index (κ1) is 11.2. The third-order valence-electron chi connectivity index (χ3n) is 1.96. The smallest absolute Gasteiger partial charge is 0.413 e. The van der Waals surface area contributed by atoms with Crippen LogP contribution in [0.1, 0.15) is 17.3 Å². The van der Waals surface area contributed by atoms with Gasteiger partial charge in [0.2, 0.25) is 0 Å². The Morgan fingerprint density at radius 1 is 1.40 bits per heavy atom. The molecule has 1 amide bonds. The number of carbonyl (C=O) groups is 2. The highest BCUT2D eigenvalue weighted by molar-refractivity contribution is 5.87. The lowest BCUT2D eigenvalue weighted by molar-refractivity contribution is 0.112. The van der Waals surface area contributed by atoms with Crippen LogP contribution >= 0.6 is 0 Å². The number of anilines is 1. The highest BCUT2D eigenvalue weighted by Crippen LogP contribution is 2.13. The first-order chi connectivity index (χ1) is 7.19. The highest BCUT2D eigenvalue weighted by atomic mass is 16.6. The molecule has 0 saturated carbocycles. The lowest BCUT2D eigenvalue weighted by atomic mass is 10.2. The molecule has 0 aliphatic rings. The van der Waals surface area contributed by atoms with Crippen LogP contribution in [0, 0.1) is 0 Å². The minimum Gasteiger partial charge on any atom is -0.449 e. The molecule has 0 N–H and O–H groups in total. The molecule has 4 nitrogen and oxygen atoms in total. The second kappa shape index (κ2) is 5.14. The number of hydrogen-bond donors (Lipinski definition) is 0. The molecule has 1 aromatic rings. The number of aldehydes is 1. The topological polar surface area (TPSA) is 46.6 Å². The zero-order chi connectivity index (χ0) is 11.3. The van der Waals surface area contributed by atoms with Gasteiger partial charge in [-0.15, -0.1) is 0 Å². The molecular weight excluding hydrogens is 194 g/mol. The zero-order valence-corrected chi connectivity index (χ0v) is 8.77. The summed E-state index contributed by atoms with van der Waals surface area (Å²) >= 11 is 0. The maximum atomic E-state index is 11.3. The van der Waals surface area contributed by atoms with E-state index < -0.39 is 6.09 Å². The molecule has 0 bridgehead atoms. The lowest BCUT2D eigenvalue weighted by Crippen LogP contribution is -2.26. The van der Waals surface area contributed by atoms with E-state index in [1.165, 1.54) is 4.90 Å². The summed E-state index contributed by atoms with van der Waals surface area (Å²) in [5, 5.41) is 0. The van der Waals surface area contributed by atoms with Crippen LogP contribution in [0.4, 0.5) is 10.5 Å². The van der Waals surface area contributed by atoms with Crippen molar-refractivity contribution in [1.82, 2.24) is 0 Å². The van der Waals surface area contributed by atoms with Crippen LogP contribution in [0.5, 0.6) is 0 Å². The molecule has 0 aromatic heterocycles. The number of carbonyl (C=O) groups excluding carboxylic acids is 2. The van der Waals surface area contributed by atoms with Crippen LogP contribution in [-0.2, 0) is 4.74 Å². The largest absolute Gasteiger partial charge is 0.449 e. The van der Waals surface area contributed by atoms with E-state index in [-0.39, 0.29) is 0 Å². The van der Waals surface area contributed by atoms with Gasteiger partial charge in [0, 0.05) is 18.3 Å². The monoisotopic (exact) mass is 207 g/mol. The maximum absolute atomic E-state index is 11.3. The molecule has 0 spiro atoms. The van der Waals surface area contributed by atoms with Crippen molar-refractivity contribution in [1.29, 1.82) is 0 Å². The fraction of sp³-hybridized carbons (Fsp3) is 0.273. The van der Waals surface area contributed by atoms with Gasteiger partial charge in [-0.3, -0.25) is 9.69 Å². The van der Waals surface area contributed by atoms with Crippen LogP contribution in [0.2, 0.25) is 0 Å². The Kier molecular flexibility index (Phi) is 3.85. The minimum atomic E-state index is -0.406. The number of rotatable bonds is 3. The Morgan fingerprint density at radius 2 is 2.00 bits per heavy atom. The van der Waals surface area contributed by atoms with Crippen LogP contribution in [0.25, 0.3) is 0 Å². The molecule has 0 fully saturated rings. The normalized spacial score (nSPS) is 9.47. The quantitative estimate of drug-likeness (QED) is 0.713. The second-order valence-corrected chi connectivity index (χ2v) is 2.97. The Morgan fingerprint density at radius 3 is 2.47 bits per heavy atom. The fourth-order valence-corrected chi connectivity index (χ4v) is 1.10. The molecule has 0 aliphatic heterocycles. The number of hydrogen-bond acceptors (Lipinski definition) is 3. The van der Waals surface area contributed by atoms with Gasteiger partial charge in [0.1, 0.15) is 6.29 Å². The van der Waals surface area contributed by atoms with Gasteiger partial charge in [-0.05, 0) is 31.2 Å². The van der Waals surface area contributed by atoms with Crippen LogP contribution < -0.4 is 4.90 Å². The average molecular weight is 207 g/mol. The number of ether oxygens (including phenoxy) is 1. The first-order valence-electron chi connectivity index (χ1n) is 4.64. The molecule has 0 unspecified atom stereocenters. The van der Waals surface area contributed by atoms with E-state index in [1.807, 2.05) is 0 Å². The van der Waals surface area contributed by atoms with E-state index in [1.54, 1.807) is 38.2 Å². The predicted molar refractivity (Wildman–Crippen MR) is 57.3 cm³/mol. The van der Waals surface area contributed by atoms with Crippen LogP contribution in [0.3, 0.4) is 0 Å². The van der Waals surface area contributed by atoms with Crippen molar-refractivity contribution in [3.63, 3.8) is 0 Å². The van der Waals surface area contributed by atoms with E-state index in [4.69, 9.17) is 4.74 Å². The molecule has 0 atom stereocenters. The minimum absolute atomic E-state index is 0.343. The SMILES string of the molecule is CCOC(=O)N(C)c1ccc(C=O)cc1. The Bertz CT molecular complexity index is 345. The van der Waals surface area contributed by atoms with E-state index in [0.717, 1.165) is 6.29 Å². The van der Waals surface area contributed by atoms with Gasteiger partial charge in [0.15, 0.2) is 0 Å². The third kappa shape index (κ3) is 2.80. The van der Waals surface area contributed by atoms with E-state index >= 15 is 0 Å². The van der Waals surface area contributed by atoms with Gasteiger partial charge in [-0.25, -0.2) is 4.79 Å². The summed E-state index contributed by atoms with van der Waals surface area (Å²) in [5.41, 5.74) is 1.27. The highest BCUT2D eigenvalue weighted by Gasteiger charge is 2.10. The summed E-state index contributed by atoms with van der Waals surface area (Å²) < 4.78 is 4.83. The van der Waals surface area contributed by atoms with E-state index in [9.17, 15) is 9.59 Å². The fourth-order valence-electron chi connectivity index (χ4n) is 1.10. The van der Waals surface area contributed by atoms with Gasteiger partial charge in [0.05, 0.1) is 6.61 Å². The summed E-state index contributed by atoms with van der Waals surface area (Å²) in [7, 11) is 1.62. The molecule has 0 aliphatic carbocycles. The average Bonchev–Trinajstić information content (AvgIpc) is 2.28. The lowest BCUT2D eigenvalue weighted by Gasteiger charge is -2.16. The molecule has 80 valence electrons. The number of benzene rings is 1. The Hall–Kier alpha value is -1.84. The molecule has 0 saturated heterocycles. The molecule has 0 radical (unpaired) electrons. The van der Waals surface area contributed by atoms with Gasteiger partial charge in [-0.1, -0.05) is 0 Å². The molecule has 1 aromatic carbocycles. The van der Waals surface area contributed by atoms with Crippen molar-refractivity contribution < 1.29 is 14.3 Å². The molecule has 1 rings (SSSR count). The van der Waals surface area contributed by atoms with Gasteiger partial charge >= 0.3 is 6.09 Å². The van der Waals surface area contributed by atoms with E-state index in [2.05, 4.69) is 0 Å². The van der Waals surface area contributed by atoms with Crippen molar-refractivity contribution in [3.05, 3.63) is 29.8 Å². The Balaban J connectivity index is 2.77.